The average molecular weight is 306 g/mol. The Hall–Kier alpha value is -1.63. The maximum atomic E-state index is 13.0. The van der Waals surface area contributed by atoms with E-state index in [-0.39, 0.29) is 15.7 Å². The van der Waals surface area contributed by atoms with Crippen molar-refractivity contribution < 1.29 is 23.8 Å². The minimum Gasteiger partial charge on any atom is -0.479 e. The smallest absolute Gasteiger partial charge is 0.344 e. The van der Waals surface area contributed by atoms with Crippen LogP contribution in [0.4, 0.5) is 10.1 Å². The molecule has 3 N–H and O–H groups in total. The van der Waals surface area contributed by atoms with Crippen molar-refractivity contribution in [3.63, 3.8) is 0 Å². The van der Waals surface area contributed by atoms with E-state index in [4.69, 9.17) is 10.8 Å². The van der Waals surface area contributed by atoms with E-state index in [2.05, 4.69) is 20.7 Å². The van der Waals surface area contributed by atoms with Crippen molar-refractivity contribution in [2.45, 2.75) is 13.0 Å². The predicted molar refractivity (Wildman–Crippen MR) is 61.0 cm³/mol. The van der Waals surface area contributed by atoms with Gasteiger partial charge >= 0.3 is 11.9 Å². The molecule has 17 heavy (non-hydrogen) atoms. The van der Waals surface area contributed by atoms with Gasteiger partial charge in [-0.2, -0.15) is 0 Å². The number of rotatable bonds is 3. The van der Waals surface area contributed by atoms with Crippen LogP contribution in [-0.4, -0.2) is 23.1 Å². The van der Waals surface area contributed by atoms with E-state index < -0.39 is 23.9 Å². The number of anilines is 1. The molecule has 0 aliphatic rings. The summed E-state index contributed by atoms with van der Waals surface area (Å²) in [6.07, 6.45) is -1.29. The summed E-state index contributed by atoms with van der Waals surface area (Å²) >= 11 is 2.97. The van der Waals surface area contributed by atoms with Gasteiger partial charge in [-0.05, 0) is 35.0 Å². The molecule has 0 bridgehead atoms. The Morgan fingerprint density at radius 2 is 2.12 bits per heavy atom. The number of hydrogen-bond donors (Lipinski definition) is 2. The van der Waals surface area contributed by atoms with Crippen LogP contribution < -0.4 is 5.73 Å². The monoisotopic (exact) mass is 305 g/mol. The second kappa shape index (κ2) is 5.13. The van der Waals surface area contributed by atoms with Crippen LogP contribution >= 0.6 is 15.9 Å². The molecule has 0 radical (unpaired) electrons. The van der Waals surface area contributed by atoms with Crippen molar-refractivity contribution in [3.8, 4) is 0 Å². The van der Waals surface area contributed by atoms with Crippen LogP contribution in [0.2, 0.25) is 0 Å². The Balaban J connectivity index is 2.97. The third kappa shape index (κ3) is 3.16. The molecule has 92 valence electrons. The Bertz CT molecular complexity index is 478. The second-order valence-electron chi connectivity index (χ2n) is 3.24. The van der Waals surface area contributed by atoms with Gasteiger partial charge in [0.15, 0.2) is 6.10 Å². The van der Waals surface area contributed by atoms with Crippen LogP contribution in [0.5, 0.6) is 0 Å². The summed E-state index contributed by atoms with van der Waals surface area (Å²) in [5.74, 6) is -2.84. The lowest BCUT2D eigenvalue weighted by Crippen LogP contribution is -2.24. The molecule has 0 aliphatic heterocycles. The lowest BCUT2D eigenvalue weighted by molar-refractivity contribution is -0.146. The molecule has 7 heteroatoms. The fraction of sp³-hybridized carbons (Fsp3) is 0.200. The first-order valence-electron chi connectivity index (χ1n) is 4.51. The number of nitrogens with two attached hydrogens (primary N) is 1. The number of nitrogen functional groups attached to an aromatic ring is 1. The van der Waals surface area contributed by atoms with Gasteiger partial charge in [0.2, 0.25) is 0 Å². The Kier molecular flexibility index (Phi) is 4.06. The maximum Gasteiger partial charge on any atom is 0.344 e. The fourth-order valence-corrected chi connectivity index (χ4v) is 1.47. The lowest BCUT2D eigenvalue weighted by atomic mass is 10.2. The molecule has 0 fully saturated rings. The van der Waals surface area contributed by atoms with Gasteiger partial charge in [-0.3, -0.25) is 0 Å². The van der Waals surface area contributed by atoms with Gasteiger partial charge in [-0.25, -0.2) is 14.0 Å². The molecule has 0 saturated carbocycles. The highest BCUT2D eigenvalue weighted by Crippen LogP contribution is 2.23. The normalized spacial score (nSPS) is 11.9. The van der Waals surface area contributed by atoms with Crippen LogP contribution in [0, 0.1) is 5.82 Å². The number of carboxylic acid groups (broad SMARTS) is 1. The van der Waals surface area contributed by atoms with Crippen molar-refractivity contribution >= 4 is 33.6 Å². The number of halogens is 2. The molecule has 1 atom stereocenters. The van der Waals surface area contributed by atoms with Crippen molar-refractivity contribution in [2.75, 3.05) is 5.73 Å². The number of benzene rings is 1. The number of ether oxygens (including phenoxy) is 1. The van der Waals surface area contributed by atoms with Gasteiger partial charge in [0, 0.05) is 4.47 Å². The first kappa shape index (κ1) is 13.4. The SMILES string of the molecule is CC(OC(=O)c1cc(N)c(F)cc1Br)C(=O)O. The number of hydrogen-bond acceptors (Lipinski definition) is 4. The molecule has 5 nitrogen and oxygen atoms in total. The number of carbonyl (C=O) groups is 2. The first-order valence-corrected chi connectivity index (χ1v) is 5.30. The summed E-state index contributed by atoms with van der Waals surface area (Å²) in [6.45, 7) is 1.21. The minimum atomic E-state index is -1.29. The van der Waals surface area contributed by atoms with Crippen LogP contribution in [0.25, 0.3) is 0 Å². The molecule has 0 spiro atoms. The van der Waals surface area contributed by atoms with E-state index in [1.165, 1.54) is 6.92 Å². The number of esters is 1. The van der Waals surface area contributed by atoms with E-state index in [0.717, 1.165) is 12.1 Å². The van der Waals surface area contributed by atoms with Crippen molar-refractivity contribution in [1.82, 2.24) is 0 Å². The highest BCUT2D eigenvalue weighted by molar-refractivity contribution is 9.10. The summed E-state index contributed by atoms with van der Waals surface area (Å²) in [4.78, 5) is 22.0. The van der Waals surface area contributed by atoms with Gasteiger partial charge in [0.05, 0.1) is 11.3 Å². The third-order valence-corrected chi connectivity index (χ3v) is 2.59. The highest BCUT2D eigenvalue weighted by Gasteiger charge is 2.20. The summed E-state index contributed by atoms with van der Waals surface area (Å²) in [5.41, 5.74) is 5.05. The molecule has 1 rings (SSSR count). The molecule has 1 aromatic rings. The van der Waals surface area contributed by atoms with Gasteiger partial charge < -0.3 is 15.6 Å². The predicted octanol–water partition coefficient (Wildman–Crippen LogP) is 1.80. The summed E-state index contributed by atoms with van der Waals surface area (Å²) < 4.78 is 17.8. The zero-order valence-electron chi connectivity index (χ0n) is 8.74. The molecule has 1 unspecified atom stereocenters. The number of aliphatic carboxylic acids is 1. The average Bonchev–Trinajstić information content (AvgIpc) is 2.22. The van der Waals surface area contributed by atoms with Gasteiger partial charge in [0.25, 0.3) is 0 Å². The molecule has 1 aromatic carbocycles. The van der Waals surface area contributed by atoms with Gasteiger partial charge in [0.1, 0.15) is 5.82 Å². The van der Waals surface area contributed by atoms with Crippen LogP contribution in [-0.2, 0) is 9.53 Å². The van der Waals surface area contributed by atoms with Crippen molar-refractivity contribution in [1.29, 1.82) is 0 Å². The summed E-state index contributed by atoms with van der Waals surface area (Å²) in [6, 6.07) is 2.09. The lowest BCUT2D eigenvalue weighted by Gasteiger charge is -2.10. The Morgan fingerprint density at radius 3 is 2.65 bits per heavy atom. The quantitative estimate of drug-likeness (QED) is 0.656. The molecule has 0 amide bonds. The summed E-state index contributed by atoms with van der Waals surface area (Å²) in [5, 5.41) is 8.57. The fourth-order valence-electron chi connectivity index (χ4n) is 0.997. The highest BCUT2D eigenvalue weighted by atomic mass is 79.9. The third-order valence-electron chi connectivity index (χ3n) is 1.94. The Morgan fingerprint density at radius 1 is 1.53 bits per heavy atom. The van der Waals surface area contributed by atoms with Crippen LogP contribution in [0.15, 0.2) is 16.6 Å². The molecule has 0 saturated heterocycles. The largest absolute Gasteiger partial charge is 0.479 e. The van der Waals surface area contributed by atoms with E-state index in [1.807, 2.05) is 0 Å². The minimum absolute atomic E-state index is 0.0306. The topological polar surface area (TPSA) is 89.6 Å². The van der Waals surface area contributed by atoms with Gasteiger partial charge in [-0.1, -0.05) is 0 Å². The molecular formula is C10H9BrFNO4. The maximum absolute atomic E-state index is 13.0. The zero-order chi connectivity index (χ0) is 13.2. The molecule has 0 aromatic heterocycles. The number of carbonyl (C=O) groups excluding carboxylic acids is 1. The molecular weight excluding hydrogens is 297 g/mol. The molecule has 0 heterocycles. The van der Waals surface area contributed by atoms with Crippen LogP contribution in [0.1, 0.15) is 17.3 Å². The first-order chi connectivity index (χ1) is 7.82. The standard InChI is InChI=1S/C10H9BrFNO4/c1-4(9(14)15)17-10(16)5-2-8(13)7(12)3-6(5)11/h2-4H,13H2,1H3,(H,14,15). The summed E-state index contributed by atoms with van der Waals surface area (Å²) in [7, 11) is 0. The Labute approximate surface area is 104 Å². The van der Waals surface area contributed by atoms with E-state index in [9.17, 15) is 14.0 Å². The van der Waals surface area contributed by atoms with Crippen molar-refractivity contribution in [3.05, 3.63) is 28.0 Å². The zero-order valence-corrected chi connectivity index (χ0v) is 10.3. The van der Waals surface area contributed by atoms with E-state index in [0.29, 0.717) is 0 Å². The van der Waals surface area contributed by atoms with Crippen molar-refractivity contribution in [2.24, 2.45) is 0 Å². The van der Waals surface area contributed by atoms with E-state index >= 15 is 0 Å². The van der Waals surface area contributed by atoms with Crippen LogP contribution in [0.3, 0.4) is 0 Å². The van der Waals surface area contributed by atoms with E-state index in [1.54, 1.807) is 0 Å². The number of carboxylic acids is 1. The van der Waals surface area contributed by atoms with Gasteiger partial charge in [-0.15, -0.1) is 0 Å². The second-order valence-corrected chi connectivity index (χ2v) is 4.09. The molecule has 0 aliphatic carbocycles.